The summed E-state index contributed by atoms with van der Waals surface area (Å²) in [4.78, 5) is 24.2. The largest absolute Gasteiger partial charge is 0.478 e. The van der Waals surface area contributed by atoms with Gasteiger partial charge in [0.2, 0.25) is 17.8 Å². The van der Waals surface area contributed by atoms with Crippen molar-refractivity contribution in [2.45, 2.75) is 50.9 Å². The van der Waals surface area contributed by atoms with Gasteiger partial charge in [0, 0.05) is 22.1 Å². The fourth-order valence-electron chi connectivity index (χ4n) is 4.44. The number of nitrogens with zero attached hydrogens (tertiary/aromatic N) is 1. The number of pyridine rings is 1. The van der Waals surface area contributed by atoms with Gasteiger partial charge >= 0.3 is 5.97 Å². The summed E-state index contributed by atoms with van der Waals surface area (Å²) >= 11 is 5.98. The number of aromatic carboxylic acids is 1. The van der Waals surface area contributed by atoms with Crippen LogP contribution in [0.4, 0.5) is 18.9 Å². The molecule has 2 aliphatic rings. The molecule has 0 bridgehead atoms. The van der Waals surface area contributed by atoms with Crippen molar-refractivity contribution in [2.24, 2.45) is 5.92 Å². The molecule has 36 heavy (non-hydrogen) atoms. The summed E-state index contributed by atoms with van der Waals surface area (Å²) in [6, 6.07) is 8.42. The van der Waals surface area contributed by atoms with E-state index in [1.165, 1.54) is 49.5 Å². The molecule has 6 nitrogen and oxygen atoms in total. The van der Waals surface area contributed by atoms with Crippen molar-refractivity contribution in [2.75, 3.05) is 5.32 Å². The minimum Gasteiger partial charge on any atom is -0.478 e. The molecule has 0 saturated heterocycles. The molecule has 4 atom stereocenters. The molecule has 1 saturated carbocycles. The Labute approximate surface area is 210 Å². The maximum atomic E-state index is 14.9. The van der Waals surface area contributed by atoms with Crippen LogP contribution in [-0.2, 0) is 4.79 Å². The number of aromatic nitrogens is 1. The van der Waals surface area contributed by atoms with Crippen LogP contribution in [0.25, 0.3) is 5.57 Å². The standard InChI is InChI=1S/C26H24ClF3N2O4/c1-13(28)18-7-8-20(27)24(30)23(18)15-4-9-22(32(36)12-15)19(10-16-11-21(16)29)25(33)31-17-5-2-14(3-6-17)26(34)35/h2-6,9,12-13,16,19,21H,7-8,10-11H2,1H3,(H2-,31,33,34,35,36)/p+1. The van der Waals surface area contributed by atoms with Gasteiger partial charge in [-0.25, -0.2) is 18.0 Å². The highest BCUT2D eigenvalue weighted by molar-refractivity contribution is 6.31. The van der Waals surface area contributed by atoms with Gasteiger partial charge < -0.3 is 10.4 Å². The average molecular weight is 522 g/mol. The first-order valence-corrected chi connectivity index (χ1v) is 11.9. The molecule has 4 unspecified atom stereocenters. The Morgan fingerprint density at radius 2 is 1.86 bits per heavy atom. The molecule has 2 aromatic rings. The van der Waals surface area contributed by atoms with Gasteiger partial charge in [-0.05, 0) is 74.4 Å². The number of carboxylic acid groups (broad SMARTS) is 1. The predicted molar refractivity (Wildman–Crippen MR) is 127 cm³/mol. The molecule has 1 aromatic carbocycles. The van der Waals surface area contributed by atoms with Gasteiger partial charge in [-0.3, -0.25) is 10.0 Å². The quantitative estimate of drug-likeness (QED) is 0.307. The minimum absolute atomic E-state index is 0.0267. The number of benzene rings is 1. The normalized spacial score (nSPS) is 21.2. The molecular formula is C26H25ClF3N2O4+. The zero-order valence-electron chi connectivity index (χ0n) is 19.3. The smallest absolute Gasteiger partial charge is 0.335 e. The zero-order chi connectivity index (χ0) is 26.1. The third-order valence-electron chi connectivity index (χ3n) is 6.57. The first-order chi connectivity index (χ1) is 17.1. The molecule has 1 amide bonds. The van der Waals surface area contributed by atoms with Crippen LogP contribution in [-0.4, -0.2) is 34.5 Å². The highest BCUT2D eigenvalue weighted by Gasteiger charge is 2.43. The Kier molecular flexibility index (Phi) is 7.40. The third kappa shape index (κ3) is 5.41. The Bertz CT molecular complexity index is 1260. The fraction of sp³-hybridized carbons (Fsp3) is 0.346. The van der Waals surface area contributed by atoms with E-state index in [0.29, 0.717) is 16.8 Å². The van der Waals surface area contributed by atoms with Gasteiger partial charge in [0.15, 0.2) is 0 Å². The van der Waals surface area contributed by atoms with E-state index < -0.39 is 36.0 Å². The van der Waals surface area contributed by atoms with Crippen LogP contribution in [0.5, 0.6) is 0 Å². The number of hydrogen-bond donors (Lipinski definition) is 3. The molecule has 1 heterocycles. The number of carbonyl (C=O) groups is 2. The van der Waals surface area contributed by atoms with Crippen molar-refractivity contribution in [1.29, 1.82) is 0 Å². The zero-order valence-corrected chi connectivity index (χ0v) is 20.1. The second kappa shape index (κ2) is 10.3. The number of alkyl halides is 2. The minimum atomic E-state index is -1.43. The number of rotatable bonds is 8. The van der Waals surface area contributed by atoms with E-state index >= 15 is 0 Å². The Morgan fingerprint density at radius 3 is 2.42 bits per heavy atom. The molecule has 0 spiro atoms. The first kappa shape index (κ1) is 25.8. The van der Waals surface area contributed by atoms with E-state index in [1.54, 1.807) is 0 Å². The van der Waals surface area contributed by atoms with E-state index in [9.17, 15) is 28.0 Å². The summed E-state index contributed by atoms with van der Waals surface area (Å²) in [5.74, 6) is -3.71. The van der Waals surface area contributed by atoms with Gasteiger partial charge in [-0.1, -0.05) is 11.6 Å². The second-order valence-corrected chi connectivity index (χ2v) is 9.55. The molecular weight excluding hydrogens is 497 g/mol. The monoisotopic (exact) mass is 521 g/mol. The van der Waals surface area contributed by atoms with Crippen LogP contribution < -0.4 is 10.0 Å². The SMILES string of the molecule is CC(F)C1=C(c2ccc(C(CC3CC3F)C(=O)Nc3ccc(C(=O)O)cc3)[n+](O)c2)C(F)=C(Cl)CC1. The van der Waals surface area contributed by atoms with Crippen molar-refractivity contribution >= 4 is 34.7 Å². The van der Waals surface area contributed by atoms with E-state index in [2.05, 4.69) is 5.32 Å². The molecule has 1 aromatic heterocycles. The van der Waals surface area contributed by atoms with Gasteiger partial charge in [0.05, 0.1) is 16.2 Å². The second-order valence-electron chi connectivity index (χ2n) is 9.09. The number of hydrogen-bond acceptors (Lipinski definition) is 3. The summed E-state index contributed by atoms with van der Waals surface area (Å²) < 4.78 is 43.5. The number of halogens is 4. The van der Waals surface area contributed by atoms with Crippen LogP contribution in [0.1, 0.15) is 60.1 Å². The lowest BCUT2D eigenvalue weighted by Gasteiger charge is -2.20. The van der Waals surface area contributed by atoms with Crippen molar-refractivity contribution in [3.63, 3.8) is 0 Å². The molecule has 2 aliphatic carbocycles. The lowest BCUT2D eigenvalue weighted by Crippen LogP contribution is -2.40. The average Bonchev–Trinajstić information content (AvgIpc) is 3.53. The van der Waals surface area contributed by atoms with Crippen LogP contribution in [0.3, 0.4) is 0 Å². The van der Waals surface area contributed by atoms with Crippen molar-refractivity contribution < 1.29 is 37.8 Å². The summed E-state index contributed by atoms with van der Waals surface area (Å²) in [5, 5.41) is 22.5. The first-order valence-electron chi connectivity index (χ1n) is 11.5. The van der Waals surface area contributed by atoms with E-state index in [4.69, 9.17) is 16.7 Å². The van der Waals surface area contributed by atoms with Gasteiger partial charge in [-0.2, -0.15) is 0 Å². The Hall–Kier alpha value is -3.33. The number of nitrogens with one attached hydrogen (secondary N) is 1. The molecule has 190 valence electrons. The Morgan fingerprint density at radius 1 is 1.19 bits per heavy atom. The number of allylic oxidation sites excluding steroid dienone is 4. The summed E-state index contributed by atoms with van der Waals surface area (Å²) in [6.45, 7) is 1.30. The lowest BCUT2D eigenvalue weighted by atomic mass is 9.89. The predicted octanol–water partition coefficient (Wildman–Crippen LogP) is 5.71. The third-order valence-corrected chi connectivity index (χ3v) is 6.92. The lowest BCUT2D eigenvalue weighted by molar-refractivity contribution is -0.910. The van der Waals surface area contributed by atoms with Crippen LogP contribution >= 0.6 is 11.6 Å². The molecule has 3 N–H and O–H groups in total. The van der Waals surface area contributed by atoms with Gasteiger partial charge in [0.1, 0.15) is 24.1 Å². The molecule has 10 heteroatoms. The molecule has 0 aliphatic heterocycles. The van der Waals surface area contributed by atoms with Gasteiger partial charge in [0.25, 0.3) is 0 Å². The molecule has 4 rings (SSSR count). The highest BCUT2D eigenvalue weighted by Crippen LogP contribution is 2.43. The van der Waals surface area contributed by atoms with Crippen LogP contribution in [0, 0.1) is 5.92 Å². The van der Waals surface area contributed by atoms with Crippen LogP contribution in [0.15, 0.2) is 59.0 Å². The van der Waals surface area contributed by atoms with E-state index in [0.717, 1.165) is 0 Å². The van der Waals surface area contributed by atoms with Crippen LogP contribution in [0.2, 0.25) is 0 Å². The van der Waals surface area contributed by atoms with Gasteiger partial charge in [-0.15, -0.1) is 0 Å². The Balaban J connectivity index is 1.65. The highest BCUT2D eigenvalue weighted by atomic mass is 35.5. The number of amides is 1. The van der Waals surface area contributed by atoms with Crippen molar-refractivity contribution in [1.82, 2.24) is 0 Å². The molecule has 0 radical (unpaired) electrons. The number of carbonyl (C=O) groups excluding carboxylic acids is 1. The number of carboxylic acids is 1. The fourth-order valence-corrected chi connectivity index (χ4v) is 4.62. The molecule has 1 fully saturated rings. The maximum absolute atomic E-state index is 14.9. The van der Waals surface area contributed by atoms with Crippen molar-refractivity contribution in [3.8, 4) is 0 Å². The summed E-state index contributed by atoms with van der Waals surface area (Å²) in [6.07, 6.45) is -0.440. The number of anilines is 1. The summed E-state index contributed by atoms with van der Waals surface area (Å²) in [5.41, 5.74) is 0.906. The maximum Gasteiger partial charge on any atom is 0.335 e. The van der Waals surface area contributed by atoms with E-state index in [-0.39, 0.29) is 58.2 Å². The topological polar surface area (TPSA) is 90.5 Å². The summed E-state index contributed by atoms with van der Waals surface area (Å²) in [7, 11) is 0. The van der Waals surface area contributed by atoms with E-state index in [1.807, 2.05) is 0 Å². The van der Waals surface area contributed by atoms with Crippen molar-refractivity contribution in [3.05, 3.63) is 75.8 Å².